The highest BCUT2D eigenvalue weighted by Crippen LogP contribution is 2.28. The molecule has 8 heteroatoms. The molecule has 0 fully saturated rings. The summed E-state index contributed by atoms with van der Waals surface area (Å²) in [6.07, 6.45) is -0.223. The van der Waals surface area contributed by atoms with Crippen molar-refractivity contribution in [2.45, 2.75) is 18.9 Å². The van der Waals surface area contributed by atoms with Crippen molar-refractivity contribution in [1.29, 1.82) is 0 Å². The lowest BCUT2D eigenvalue weighted by Gasteiger charge is -2.15. The van der Waals surface area contributed by atoms with E-state index >= 15 is 0 Å². The molecule has 0 spiro atoms. The number of aromatic hydroxyl groups is 1. The molecule has 2 unspecified atom stereocenters. The third kappa shape index (κ3) is 5.21. The van der Waals surface area contributed by atoms with E-state index in [2.05, 4.69) is 0 Å². The maximum atomic E-state index is 12.0. The lowest BCUT2D eigenvalue weighted by molar-refractivity contribution is -0.143. The Morgan fingerprint density at radius 3 is 2.45 bits per heavy atom. The Balaban J connectivity index is 2.79. The first kappa shape index (κ1) is 17.7. The van der Waals surface area contributed by atoms with Crippen LogP contribution in [0.1, 0.15) is 12.0 Å². The molecule has 0 radical (unpaired) electrons. The van der Waals surface area contributed by atoms with Gasteiger partial charge in [0.25, 0.3) is 0 Å². The Morgan fingerprint density at radius 2 is 1.95 bits per heavy atom. The Bertz CT molecular complexity index is 536. The van der Waals surface area contributed by atoms with Crippen LogP contribution in [0, 0.1) is 5.92 Å². The van der Waals surface area contributed by atoms with E-state index in [4.69, 9.17) is 20.7 Å². The van der Waals surface area contributed by atoms with E-state index in [1.807, 2.05) is 0 Å². The highest BCUT2D eigenvalue weighted by atomic mass is 19.1. The quantitative estimate of drug-likeness (QED) is 0.530. The molecule has 122 valence electrons. The first-order valence-electron chi connectivity index (χ1n) is 6.57. The van der Waals surface area contributed by atoms with E-state index in [0.717, 1.165) is 0 Å². The monoisotopic (exact) mass is 315 g/mol. The van der Waals surface area contributed by atoms with Gasteiger partial charge in [-0.25, -0.2) is 4.39 Å². The van der Waals surface area contributed by atoms with Gasteiger partial charge in [-0.1, -0.05) is 6.07 Å². The molecule has 0 saturated heterocycles. The minimum absolute atomic E-state index is 0.00721. The van der Waals surface area contributed by atoms with Crippen LogP contribution in [0.4, 0.5) is 4.39 Å². The second kappa shape index (κ2) is 8.18. The van der Waals surface area contributed by atoms with E-state index in [-0.39, 0.29) is 30.9 Å². The number of rotatable bonds is 9. The van der Waals surface area contributed by atoms with Crippen molar-refractivity contribution in [3.63, 3.8) is 0 Å². The molecule has 2 atom stereocenters. The number of phenolic OH excluding ortho intramolecular Hbond substituents is 1. The Kier molecular flexibility index (Phi) is 6.58. The van der Waals surface area contributed by atoms with Crippen LogP contribution in [0.3, 0.4) is 0 Å². The van der Waals surface area contributed by atoms with Crippen molar-refractivity contribution in [2.75, 3.05) is 13.3 Å². The zero-order valence-corrected chi connectivity index (χ0v) is 11.7. The molecule has 0 bridgehead atoms. The molecule has 0 aliphatic carbocycles. The zero-order valence-electron chi connectivity index (χ0n) is 11.7. The van der Waals surface area contributed by atoms with E-state index in [9.17, 15) is 19.1 Å². The molecule has 0 heterocycles. The SMILES string of the molecule is NC(CC(Cc1ccc(OCCF)c(O)c1)C(=O)O)C(=O)O. The van der Waals surface area contributed by atoms with Crippen LogP contribution >= 0.6 is 0 Å². The number of halogens is 1. The summed E-state index contributed by atoms with van der Waals surface area (Å²) in [7, 11) is 0. The van der Waals surface area contributed by atoms with Crippen LogP contribution in [0.25, 0.3) is 0 Å². The van der Waals surface area contributed by atoms with Crippen molar-refractivity contribution in [2.24, 2.45) is 11.7 Å². The minimum atomic E-state index is -1.28. The van der Waals surface area contributed by atoms with Gasteiger partial charge in [0.15, 0.2) is 11.5 Å². The van der Waals surface area contributed by atoms with Gasteiger partial charge in [0.05, 0.1) is 5.92 Å². The number of carbonyl (C=O) groups is 2. The van der Waals surface area contributed by atoms with Crippen LogP contribution in [0.15, 0.2) is 18.2 Å². The highest BCUT2D eigenvalue weighted by molar-refractivity contribution is 5.76. The van der Waals surface area contributed by atoms with Crippen LogP contribution < -0.4 is 10.5 Å². The van der Waals surface area contributed by atoms with Crippen molar-refractivity contribution < 1.29 is 34.0 Å². The molecule has 1 aromatic rings. The second-order valence-corrected chi connectivity index (χ2v) is 4.76. The Labute approximate surface area is 126 Å². The first-order valence-corrected chi connectivity index (χ1v) is 6.57. The number of hydrogen-bond acceptors (Lipinski definition) is 5. The molecule has 0 aliphatic heterocycles. The number of benzene rings is 1. The molecule has 0 aliphatic rings. The Hall–Kier alpha value is -2.35. The van der Waals surface area contributed by atoms with Crippen molar-refractivity contribution in [3.05, 3.63) is 23.8 Å². The number of aliphatic carboxylic acids is 2. The average Bonchev–Trinajstić information content (AvgIpc) is 2.45. The number of nitrogens with two attached hydrogens (primary N) is 1. The molecule has 22 heavy (non-hydrogen) atoms. The summed E-state index contributed by atoms with van der Waals surface area (Å²) in [5.41, 5.74) is 5.83. The number of carboxylic acid groups (broad SMARTS) is 2. The molecule has 0 aromatic heterocycles. The van der Waals surface area contributed by atoms with Gasteiger partial charge in [-0.3, -0.25) is 9.59 Å². The number of alkyl halides is 1. The Morgan fingerprint density at radius 1 is 1.27 bits per heavy atom. The number of hydrogen-bond donors (Lipinski definition) is 4. The predicted molar refractivity (Wildman–Crippen MR) is 74.6 cm³/mol. The highest BCUT2D eigenvalue weighted by Gasteiger charge is 2.25. The molecule has 1 rings (SSSR count). The van der Waals surface area contributed by atoms with Crippen LogP contribution in [0.2, 0.25) is 0 Å². The second-order valence-electron chi connectivity index (χ2n) is 4.76. The molecule has 5 N–H and O–H groups in total. The van der Waals surface area contributed by atoms with Crippen LogP contribution in [-0.4, -0.2) is 46.6 Å². The summed E-state index contributed by atoms with van der Waals surface area (Å²) < 4.78 is 17.0. The summed E-state index contributed by atoms with van der Waals surface area (Å²) >= 11 is 0. The fourth-order valence-corrected chi connectivity index (χ4v) is 1.92. The zero-order chi connectivity index (χ0) is 16.7. The first-order chi connectivity index (χ1) is 10.3. The van der Waals surface area contributed by atoms with Gasteiger partial charge in [0, 0.05) is 0 Å². The summed E-state index contributed by atoms with van der Waals surface area (Å²) in [5.74, 6) is -3.59. The fourth-order valence-electron chi connectivity index (χ4n) is 1.92. The predicted octanol–water partition coefficient (Wildman–Crippen LogP) is 0.786. The maximum absolute atomic E-state index is 12.0. The average molecular weight is 315 g/mol. The molecule has 1 aromatic carbocycles. The van der Waals surface area contributed by atoms with Crippen molar-refractivity contribution >= 4 is 11.9 Å². The molecule has 0 saturated carbocycles. The molecule has 7 nitrogen and oxygen atoms in total. The summed E-state index contributed by atoms with van der Waals surface area (Å²) in [4.78, 5) is 21.9. The minimum Gasteiger partial charge on any atom is -0.504 e. The molecular weight excluding hydrogens is 297 g/mol. The largest absolute Gasteiger partial charge is 0.504 e. The molecular formula is C14H18FNO6. The number of ether oxygens (including phenoxy) is 1. The summed E-state index contributed by atoms with van der Waals surface area (Å²) in [5, 5.41) is 27.6. The third-order valence-electron chi connectivity index (χ3n) is 3.05. The van der Waals surface area contributed by atoms with Gasteiger partial charge in [-0.15, -0.1) is 0 Å². The number of carboxylic acids is 2. The van der Waals surface area contributed by atoms with E-state index in [1.54, 1.807) is 0 Å². The van der Waals surface area contributed by atoms with Gasteiger partial charge in [0.1, 0.15) is 19.3 Å². The topological polar surface area (TPSA) is 130 Å². The summed E-state index contributed by atoms with van der Waals surface area (Å²) in [6, 6.07) is 2.95. The standard InChI is InChI=1S/C14H18FNO6/c15-3-4-22-12-2-1-8(6-11(12)17)5-9(13(18)19)7-10(16)14(20)21/h1-2,6,9-10,17H,3-5,7,16H2,(H,18,19)(H,20,21). The molecule has 0 amide bonds. The summed E-state index contributed by atoms with van der Waals surface area (Å²) in [6.45, 7) is -0.895. The van der Waals surface area contributed by atoms with Gasteiger partial charge in [-0.05, 0) is 30.5 Å². The van der Waals surface area contributed by atoms with E-state index in [1.165, 1.54) is 18.2 Å². The van der Waals surface area contributed by atoms with Gasteiger partial charge in [0.2, 0.25) is 0 Å². The maximum Gasteiger partial charge on any atom is 0.320 e. The van der Waals surface area contributed by atoms with Crippen molar-refractivity contribution in [1.82, 2.24) is 0 Å². The van der Waals surface area contributed by atoms with Gasteiger partial charge >= 0.3 is 11.9 Å². The van der Waals surface area contributed by atoms with Crippen LogP contribution in [-0.2, 0) is 16.0 Å². The fraction of sp³-hybridized carbons (Fsp3) is 0.429. The van der Waals surface area contributed by atoms with E-state index in [0.29, 0.717) is 5.56 Å². The van der Waals surface area contributed by atoms with Crippen LogP contribution in [0.5, 0.6) is 11.5 Å². The number of phenols is 1. The third-order valence-corrected chi connectivity index (χ3v) is 3.05. The normalized spacial score (nSPS) is 13.4. The smallest absolute Gasteiger partial charge is 0.320 e. The van der Waals surface area contributed by atoms with E-state index < -0.39 is 30.6 Å². The van der Waals surface area contributed by atoms with Gasteiger partial charge in [-0.2, -0.15) is 0 Å². The van der Waals surface area contributed by atoms with Crippen molar-refractivity contribution in [3.8, 4) is 11.5 Å². The lowest BCUT2D eigenvalue weighted by atomic mass is 9.93. The van der Waals surface area contributed by atoms with Gasteiger partial charge < -0.3 is 25.8 Å². The lowest BCUT2D eigenvalue weighted by Crippen LogP contribution is -2.35.